The predicted molar refractivity (Wildman–Crippen MR) is 91.0 cm³/mol. The van der Waals surface area contributed by atoms with E-state index < -0.39 is 0 Å². The zero-order valence-electron chi connectivity index (χ0n) is 14.1. The molecule has 1 heterocycles. The van der Waals surface area contributed by atoms with Crippen molar-refractivity contribution in [3.8, 4) is 5.75 Å². The van der Waals surface area contributed by atoms with Crippen LogP contribution in [0.25, 0.3) is 0 Å². The molecule has 0 aliphatic carbocycles. The summed E-state index contributed by atoms with van der Waals surface area (Å²) in [4.78, 5) is 27.5. The lowest BCUT2D eigenvalue weighted by Crippen LogP contribution is -2.51. The second-order valence-corrected chi connectivity index (χ2v) is 5.49. The summed E-state index contributed by atoms with van der Waals surface area (Å²) in [5, 5.41) is 0. The van der Waals surface area contributed by atoms with Crippen LogP contribution in [0.4, 0.5) is 4.79 Å². The first-order chi connectivity index (χ1) is 11.6. The Labute approximate surface area is 142 Å². The van der Waals surface area contributed by atoms with Gasteiger partial charge in [0.15, 0.2) is 0 Å². The van der Waals surface area contributed by atoms with Gasteiger partial charge in [0.25, 0.3) is 0 Å². The molecule has 1 fully saturated rings. The molecular weight excluding hydrogens is 308 g/mol. The topological polar surface area (TPSA) is 59.1 Å². The molecule has 1 aliphatic rings. The van der Waals surface area contributed by atoms with E-state index in [1.165, 1.54) is 6.08 Å². The summed E-state index contributed by atoms with van der Waals surface area (Å²) in [6.07, 6.45) is 1.54. The normalized spacial score (nSPS) is 14.2. The Morgan fingerprint density at radius 3 is 2.33 bits per heavy atom. The molecule has 0 saturated carbocycles. The second kappa shape index (κ2) is 8.96. The van der Waals surface area contributed by atoms with Crippen molar-refractivity contribution < 1.29 is 19.1 Å². The van der Waals surface area contributed by atoms with E-state index in [1.54, 1.807) is 9.80 Å². The van der Waals surface area contributed by atoms with Gasteiger partial charge in [-0.2, -0.15) is 0 Å². The van der Waals surface area contributed by atoms with Crippen LogP contribution in [-0.4, -0.2) is 61.2 Å². The zero-order valence-corrected chi connectivity index (χ0v) is 14.1. The number of rotatable bonds is 6. The van der Waals surface area contributed by atoms with Gasteiger partial charge < -0.3 is 19.3 Å². The van der Waals surface area contributed by atoms with Crippen molar-refractivity contribution in [2.45, 2.75) is 13.3 Å². The molecule has 0 spiro atoms. The average molecular weight is 332 g/mol. The SMILES string of the molecule is C=CCOC(=O)N1CCN(C(=O)Cc2ccc(OCC)cc2)CC1. The molecule has 1 aromatic rings. The Kier molecular flexibility index (Phi) is 6.66. The number of benzene rings is 1. The minimum absolute atomic E-state index is 0.0678. The number of hydrogen-bond donors (Lipinski definition) is 0. The Morgan fingerprint density at radius 1 is 1.12 bits per heavy atom. The van der Waals surface area contributed by atoms with Crippen molar-refractivity contribution in [3.05, 3.63) is 42.5 Å². The molecule has 0 radical (unpaired) electrons. The van der Waals surface area contributed by atoms with Crippen molar-refractivity contribution in [2.75, 3.05) is 39.4 Å². The van der Waals surface area contributed by atoms with E-state index in [-0.39, 0.29) is 18.6 Å². The van der Waals surface area contributed by atoms with Crippen molar-refractivity contribution in [1.82, 2.24) is 9.80 Å². The summed E-state index contributed by atoms with van der Waals surface area (Å²) in [7, 11) is 0. The zero-order chi connectivity index (χ0) is 17.4. The molecule has 0 bridgehead atoms. The fourth-order valence-corrected chi connectivity index (χ4v) is 2.52. The van der Waals surface area contributed by atoms with Gasteiger partial charge >= 0.3 is 6.09 Å². The smallest absolute Gasteiger partial charge is 0.410 e. The first-order valence-corrected chi connectivity index (χ1v) is 8.16. The van der Waals surface area contributed by atoms with Crippen molar-refractivity contribution in [1.29, 1.82) is 0 Å². The summed E-state index contributed by atoms with van der Waals surface area (Å²) in [6.45, 7) is 8.31. The van der Waals surface area contributed by atoms with Crippen molar-refractivity contribution >= 4 is 12.0 Å². The van der Waals surface area contributed by atoms with Crippen LogP contribution in [-0.2, 0) is 16.0 Å². The highest BCUT2D eigenvalue weighted by molar-refractivity contribution is 5.79. The van der Waals surface area contributed by atoms with Gasteiger partial charge in [0.05, 0.1) is 13.0 Å². The minimum Gasteiger partial charge on any atom is -0.494 e. The summed E-state index contributed by atoms with van der Waals surface area (Å²) in [6, 6.07) is 7.57. The summed E-state index contributed by atoms with van der Waals surface area (Å²) >= 11 is 0. The highest BCUT2D eigenvalue weighted by atomic mass is 16.6. The van der Waals surface area contributed by atoms with Gasteiger partial charge in [-0.1, -0.05) is 24.8 Å². The van der Waals surface area contributed by atoms with Gasteiger partial charge in [-0.25, -0.2) is 4.79 Å². The largest absolute Gasteiger partial charge is 0.494 e. The van der Waals surface area contributed by atoms with E-state index in [0.717, 1.165) is 11.3 Å². The molecule has 2 rings (SSSR count). The Bertz CT molecular complexity index is 563. The van der Waals surface area contributed by atoms with E-state index in [2.05, 4.69) is 6.58 Å². The van der Waals surface area contributed by atoms with Crippen LogP contribution >= 0.6 is 0 Å². The number of nitrogens with zero attached hydrogens (tertiary/aromatic N) is 2. The van der Waals surface area contributed by atoms with E-state index >= 15 is 0 Å². The fraction of sp³-hybridized carbons (Fsp3) is 0.444. The third kappa shape index (κ3) is 5.01. The van der Waals surface area contributed by atoms with E-state index in [0.29, 0.717) is 39.2 Å². The van der Waals surface area contributed by atoms with E-state index in [4.69, 9.17) is 9.47 Å². The maximum atomic E-state index is 12.4. The molecule has 0 N–H and O–H groups in total. The van der Waals surface area contributed by atoms with E-state index in [9.17, 15) is 9.59 Å². The van der Waals surface area contributed by atoms with Crippen molar-refractivity contribution in [2.24, 2.45) is 0 Å². The molecule has 0 aromatic heterocycles. The molecular formula is C18H24N2O4. The highest BCUT2D eigenvalue weighted by Gasteiger charge is 2.24. The standard InChI is InChI=1S/C18H24N2O4/c1-3-13-24-18(22)20-11-9-19(10-12-20)17(21)14-15-5-7-16(8-6-15)23-4-2/h3,5-8H,1,4,9-14H2,2H3. The molecule has 0 unspecified atom stereocenters. The maximum Gasteiger partial charge on any atom is 0.410 e. The maximum absolute atomic E-state index is 12.4. The van der Waals surface area contributed by atoms with Crippen LogP contribution in [0.3, 0.4) is 0 Å². The number of ether oxygens (including phenoxy) is 2. The number of piperazine rings is 1. The van der Waals surface area contributed by atoms with E-state index in [1.807, 2.05) is 31.2 Å². The van der Waals surface area contributed by atoms with Gasteiger partial charge in [0.1, 0.15) is 12.4 Å². The lowest BCUT2D eigenvalue weighted by Gasteiger charge is -2.34. The first kappa shape index (κ1) is 17.8. The van der Waals surface area contributed by atoms with Gasteiger partial charge in [-0.05, 0) is 24.6 Å². The fourth-order valence-electron chi connectivity index (χ4n) is 2.52. The monoisotopic (exact) mass is 332 g/mol. The second-order valence-electron chi connectivity index (χ2n) is 5.49. The van der Waals surface area contributed by atoms with Crippen LogP contribution in [0.5, 0.6) is 5.75 Å². The Hall–Kier alpha value is -2.50. The third-order valence-electron chi connectivity index (χ3n) is 3.80. The van der Waals surface area contributed by atoms with Crippen LogP contribution in [0.1, 0.15) is 12.5 Å². The molecule has 6 heteroatoms. The number of hydrogen-bond acceptors (Lipinski definition) is 4. The molecule has 130 valence electrons. The van der Waals surface area contributed by atoms with Gasteiger partial charge in [0.2, 0.25) is 5.91 Å². The Morgan fingerprint density at radius 2 is 1.75 bits per heavy atom. The number of carbonyl (C=O) groups excluding carboxylic acids is 2. The summed E-state index contributed by atoms with van der Waals surface area (Å²) in [5.41, 5.74) is 0.955. The van der Waals surface area contributed by atoms with Gasteiger partial charge in [0, 0.05) is 26.2 Å². The molecule has 2 amide bonds. The highest BCUT2D eigenvalue weighted by Crippen LogP contribution is 2.14. The quantitative estimate of drug-likeness (QED) is 0.749. The molecule has 1 saturated heterocycles. The molecule has 6 nitrogen and oxygen atoms in total. The Balaban J connectivity index is 1.80. The van der Waals surface area contributed by atoms with Crippen molar-refractivity contribution in [3.63, 3.8) is 0 Å². The van der Waals surface area contributed by atoms with Crippen LogP contribution in [0.2, 0.25) is 0 Å². The lowest BCUT2D eigenvalue weighted by molar-refractivity contribution is -0.132. The summed E-state index contributed by atoms with van der Waals surface area (Å²) < 4.78 is 10.4. The molecule has 0 atom stereocenters. The van der Waals surface area contributed by atoms with Crippen LogP contribution in [0, 0.1) is 0 Å². The molecule has 1 aliphatic heterocycles. The minimum atomic E-state index is -0.353. The van der Waals surface area contributed by atoms with Gasteiger partial charge in [-0.15, -0.1) is 0 Å². The van der Waals surface area contributed by atoms with Crippen LogP contribution < -0.4 is 4.74 Å². The first-order valence-electron chi connectivity index (χ1n) is 8.16. The van der Waals surface area contributed by atoms with Gasteiger partial charge in [-0.3, -0.25) is 4.79 Å². The predicted octanol–water partition coefficient (Wildman–Crippen LogP) is 2.09. The number of carbonyl (C=O) groups is 2. The third-order valence-corrected chi connectivity index (χ3v) is 3.80. The van der Waals surface area contributed by atoms with Crippen LogP contribution in [0.15, 0.2) is 36.9 Å². The lowest BCUT2D eigenvalue weighted by atomic mass is 10.1. The summed E-state index contributed by atoms with van der Waals surface area (Å²) in [5.74, 6) is 0.874. The average Bonchev–Trinajstić information content (AvgIpc) is 2.61. The molecule has 1 aromatic carbocycles. The number of amides is 2. The molecule has 24 heavy (non-hydrogen) atoms.